The maximum Gasteiger partial charge on any atom is 0.0570 e. The Morgan fingerprint density at radius 1 is 1.11 bits per heavy atom. The summed E-state index contributed by atoms with van der Waals surface area (Å²) in [6.45, 7) is 6.93. The Morgan fingerprint density at radius 3 is 2.39 bits per heavy atom. The van der Waals surface area contributed by atoms with Crippen molar-refractivity contribution >= 4 is 0 Å². The molecule has 0 aliphatic heterocycles. The van der Waals surface area contributed by atoms with E-state index in [9.17, 15) is 0 Å². The van der Waals surface area contributed by atoms with E-state index in [-0.39, 0.29) is 0 Å². The second kappa shape index (κ2) is 6.33. The van der Waals surface area contributed by atoms with E-state index in [1.807, 2.05) is 12.3 Å². The molecule has 1 aromatic heterocycles. The van der Waals surface area contributed by atoms with Crippen LogP contribution in [0.15, 0.2) is 24.4 Å². The van der Waals surface area contributed by atoms with Gasteiger partial charge >= 0.3 is 0 Å². The van der Waals surface area contributed by atoms with E-state index in [2.05, 4.69) is 43.2 Å². The van der Waals surface area contributed by atoms with Gasteiger partial charge in [0.2, 0.25) is 0 Å². The predicted octanol–water partition coefficient (Wildman–Crippen LogP) is 3.95. The molecular formula is C16H26N2. The van der Waals surface area contributed by atoms with Gasteiger partial charge in [0, 0.05) is 18.3 Å². The van der Waals surface area contributed by atoms with Crippen LogP contribution in [0.3, 0.4) is 0 Å². The van der Waals surface area contributed by atoms with Crippen molar-refractivity contribution in [3.8, 4) is 0 Å². The molecule has 0 aromatic carbocycles. The molecule has 1 aliphatic rings. The van der Waals surface area contributed by atoms with Gasteiger partial charge < -0.3 is 5.32 Å². The Bertz CT molecular complexity index is 339. The number of pyridine rings is 1. The summed E-state index contributed by atoms with van der Waals surface area (Å²) >= 11 is 0. The minimum Gasteiger partial charge on any atom is -0.306 e. The van der Waals surface area contributed by atoms with Crippen LogP contribution >= 0.6 is 0 Å². The average molecular weight is 246 g/mol. The first-order chi connectivity index (χ1) is 8.66. The van der Waals surface area contributed by atoms with Crippen molar-refractivity contribution in [3.05, 3.63) is 30.1 Å². The lowest BCUT2D eigenvalue weighted by atomic mass is 9.79. The molecule has 1 fully saturated rings. The van der Waals surface area contributed by atoms with E-state index in [1.54, 1.807) is 0 Å². The third-order valence-electron chi connectivity index (χ3n) is 4.33. The van der Waals surface area contributed by atoms with Crippen LogP contribution in [0.1, 0.15) is 58.2 Å². The molecule has 1 heterocycles. The monoisotopic (exact) mass is 246 g/mol. The summed E-state index contributed by atoms with van der Waals surface area (Å²) in [5.41, 5.74) is 1.16. The molecule has 2 heteroatoms. The highest BCUT2D eigenvalue weighted by atomic mass is 15.0. The highest BCUT2D eigenvalue weighted by Gasteiger charge is 2.24. The highest BCUT2D eigenvalue weighted by Crippen LogP contribution is 2.30. The molecule has 1 aromatic rings. The zero-order valence-electron chi connectivity index (χ0n) is 11.9. The van der Waals surface area contributed by atoms with Gasteiger partial charge in [-0.3, -0.25) is 4.98 Å². The van der Waals surface area contributed by atoms with Gasteiger partial charge in [0.15, 0.2) is 0 Å². The van der Waals surface area contributed by atoms with Crippen LogP contribution in [-0.4, -0.2) is 11.0 Å². The molecule has 1 N–H and O–H groups in total. The fraction of sp³-hybridized carbons (Fsp3) is 0.688. The van der Waals surface area contributed by atoms with Crippen molar-refractivity contribution < 1.29 is 0 Å². The number of aromatic nitrogens is 1. The number of hydrogen-bond acceptors (Lipinski definition) is 2. The highest BCUT2D eigenvalue weighted by molar-refractivity contribution is 5.08. The van der Waals surface area contributed by atoms with Crippen molar-refractivity contribution in [2.75, 3.05) is 0 Å². The predicted molar refractivity (Wildman–Crippen MR) is 76.4 cm³/mol. The quantitative estimate of drug-likeness (QED) is 0.870. The van der Waals surface area contributed by atoms with Crippen LogP contribution in [0.5, 0.6) is 0 Å². The molecule has 2 rings (SSSR count). The fourth-order valence-electron chi connectivity index (χ4n) is 3.02. The smallest absolute Gasteiger partial charge is 0.0570 e. The second-order valence-electron chi connectivity index (χ2n) is 6.00. The molecule has 1 atom stereocenters. The largest absolute Gasteiger partial charge is 0.306 e. The minimum absolute atomic E-state index is 0.367. The Hall–Kier alpha value is -0.890. The second-order valence-corrected chi connectivity index (χ2v) is 6.00. The zero-order valence-corrected chi connectivity index (χ0v) is 11.9. The number of nitrogens with one attached hydrogen (secondary N) is 1. The van der Waals surface area contributed by atoms with Crippen molar-refractivity contribution in [1.29, 1.82) is 0 Å². The van der Waals surface area contributed by atoms with E-state index in [1.165, 1.54) is 25.7 Å². The third kappa shape index (κ3) is 3.55. The SMILES string of the molecule is CC(C)C1CCC(N[C@@H](C)c2ccccn2)CC1. The molecule has 1 aliphatic carbocycles. The zero-order chi connectivity index (χ0) is 13.0. The van der Waals surface area contributed by atoms with E-state index in [0.29, 0.717) is 12.1 Å². The van der Waals surface area contributed by atoms with Crippen molar-refractivity contribution in [3.63, 3.8) is 0 Å². The third-order valence-corrected chi connectivity index (χ3v) is 4.33. The van der Waals surface area contributed by atoms with Gasteiger partial charge in [-0.05, 0) is 56.6 Å². The lowest BCUT2D eigenvalue weighted by molar-refractivity contribution is 0.230. The lowest BCUT2D eigenvalue weighted by Crippen LogP contribution is -2.36. The normalized spacial score (nSPS) is 26.2. The first-order valence-corrected chi connectivity index (χ1v) is 7.33. The maximum atomic E-state index is 4.42. The van der Waals surface area contributed by atoms with Crippen LogP contribution in [-0.2, 0) is 0 Å². The summed E-state index contributed by atoms with van der Waals surface area (Å²) in [5.74, 6) is 1.78. The summed E-state index contributed by atoms with van der Waals surface area (Å²) in [6, 6.07) is 7.20. The molecule has 18 heavy (non-hydrogen) atoms. The molecule has 0 unspecified atom stereocenters. The Kier molecular flexibility index (Phi) is 4.76. The molecule has 1 saturated carbocycles. The molecule has 0 bridgehead atoms. The van der Waals surface area contributed by atoms with Crippen molar-refractivity contribution in [2.24, 2.45) is 11.8 Å². The van der Waals surface area contributed by atoms with E-state index in [4.69, 9.17) is 0 Å². The van der Waals surface area contributed by atoms with Crippen molar-refractivity contribution in [1.82, 2.24) is 10.3 Å². The van der Waals surface area contributed by atoms with E-state index < -0.39 is 0 Å². The molecule has 0 amide bonds. The van der Waals surface area contributed by atoms with Gasteiger partial charge in [0.25, 0.3) is 0 Å². The van der Waals surface area contributed by atoms with Gasteiger partial charge in [0.05, 0.1) is 5.69 Å². The summed E-state index contributed by atoms with van der Waals surface area (Å²) in [7, 11) is 0. The summed E-state index contributed by atoms with van der Waals surface area (Å²) in [4.78, 5) is 4.42. The number of rotatable bonds is 4. The minimum atomic E-state index is 0.367. The van der Waals surface area contributed by atoms with Crippen LogP contribution in [0.2, 0.25) is 0 Å². The molecule has 0 saturated heterocycles. The van der Waals surface area contributed by atoms with Gasteiger partial charge in [-0.2, -0.15) is 0 Å². The Morgan fingerprint density at radius 2 is 1.83 bits per heavy atom. The summed E-state index contributed by atoms with van der Waals surface area (Å²) in [5, 5.41) is 3.73. The number of hydrogen-bond donors (Lipinski definition) is 1. The Balaban J connectivity index is 1.81. The van der Waals surface area contributed by atoms with Gasteiger partial charge in [-0.15, -0.1) is 0 Å². The fourth-order valence-corrected chi connectivity index (χ4v) is 3.02. The first-order valence-electron chi connectivity index (χ1n) is 7.33. The van der Waals surface area contributed by atoms with Gasteiger partial charge in [-0.25, -0.2) is 0 Å². The van der Waals surface area contributed by atoms with Crippen molar-refractivity contribution in [2.45, 2.75) is 58.5 Å². The summed E-state index contributed by atoms with van der Waals surface area (Å²) < 4.78 is 0. The van der Waals surface area contributed by atoms with Crippen LogP contribution < -0.4 is 5.32 Å². The maximum absolute atomic E-state index is 4.42. The van der Waals surface area contributed by atoms with Crippen LogP contribution in [0, 0.1) is 11.8 Å². The standard InChI is InChI=1S/C16H26N2/c1-12(2)14-7-9-15(10-8-14)18-13(3)16-6-4-5-11-17-16/h4-6,11-15,18H,7-10H2,1-3H3/t13-,14?,15?/m0/s1. The van der Waals surface area contributed by atoms with Crippen LogP contribution in [0.25, 0.3) is 0 Å². The molecule has 0 radical (unpaired) electrons. The molecule has 0 spiro atoms. The lowest BCUT2D eigenvalue weighted by Gasteiger charge is -2.33. The first kappa shape index (κ1) is 13.5. The molecular weight excluding hydrogens is 220 g/mol. The van der Waals surface area contributed by atoms with E-state index >= 15 is 0 Å². The average Bonchev–Trinajstić information content (AvgIpc) is 2.40. The number of nitrogens with zero attached hydrogens (tertiary/aromatic N) is 1. The Labute approximate surface area is 111 Å². The van der Waals surface area contributed by atoms with Gasteiger partial charge in [0.1, 0.15) is 0 Å². The van der Waals surface area contributed by atoms with Gasteiger partial charge in [-0.1, -0.05) is 19.9 Å². The topological polar surface area (TPSA) is 24.9 Å². The summed E-state index contributed by atoms with van der Waals surface area (Å²) in [6.07, 6.45) is 7.28. The van der Waals surface area contributed by atoms with Crippen LogP contribution in [0.4, 0.5) is 0 Å². The molecule has 100 valence electrons. The molecule has 2 nitrogen and oxygen atoms in total. The van der Waals surface area contributed by atoms with E-state index in [0.717, 1.165) is 17.5 Å².